The molecular formula is C32H27F4NO13S2. The molecule has 3 N–H and O–H groups in total. The Morgan fingerprint density at radius 3 is 1.85 bits per heavy atom. The molecule has 0 heterocycles. The number of amides is 1. The smallest absolute Gasteiger partial charge is 0.431 e. The Kier molecular flexibility index (Phi) is 13.5. The molecule has 0 saturated carbocycles. The number of halogens is 4. The zero-order valence-electron chi connectivity index (χ0n) is 26.3. The van der Waals surface area contributed by atoms with Gasteiger partial charge in [0.05, 0.1) is 17.9 Å². The van der Waals surface area contributed by atoms with Crippen LogP contribution in [-0.4, -0.2) is 67.5 Å². The Morgan fingerprint density at radius 1 is 0.692 bits per heavy atom. The van der Waals surface area contributed by atoms with Crippen molar-refractivity contribution in [2.75, 3.05) is 11.9 Å². The predicted molar refractivity (Wildman–Crippen MR) is 172 cm³/mol. The lowest BCUT2D eigenvalue weighted by atomic mass is 10.0. The summed E-state index contributed by atoms with van der Waals surface area (Å²) in [5.41, 5.74) is 1.34. The number of hydrogen-bond acceptors (Lipinski definition) is 11. The third kappa shape index (κ3) is 11.8. The van der Waals surface area contributed by atoms with Gasteiger partial charge in [0.15, 0.2) is 0 Å². The SMILES string of the molecule is O=C(/C=C\C(=O)OCc1ccccc1)Nc1ccc(S(=O)(=O)O)cc1-c1cccc(COC(=O)/C=C\C(=O)OCCC(F)(F)C(F)(F)S(=O)(=O)O)c1. The monoisotopic (exact) mass is 773 g/mol. The van der Waals surface area contributed by atoms with Crippen molar-refractivity contribution in [3.63, 3.8) is 0 Å². The molecular weight excluding hydrogens is 746 g/mol. The van der Waals surface area contributed by atoms with Crippen LogP contribution in [0.2, 0.25) is 0 Å². The second-order valence-corrected chi connectivity index (χ2v) is 13.2. The predicted octanol–water partition coefficient (Wildman–Crippen LogP) is 4.49. The average Bonchev–Trinajstić information content (AvgIpc) is 3.07. The van der Waals surface area contributed by atoms with Crippen LogP contribution in [0, 0.1) is 0 Å². The van der Waals surface area contributed by atoms with E-state index in [1.54, 1.807) is 30.3 Å². The number of esters is 3. The van der Waals surface area contributed by atoms with Gasteiger partial charge in [-0.05, 0) is 41.0 Å². The van der Waals surface area contributed by atoms with Crippen molar-refractivity contribution in [3.05, 3.63) is 108 Å². The number of anilines is 1. The first-order valence-electron chi connectivity index (χ1n) is 14.3. The van der Waals surface area contributed by atoms with Crippen LogP contribution in [0.4, 0.5) is 23.2 Å². The second kappa shape index (κ2) is 17.2. The molecule has 3 rings (SSSR count). The van der Waals surface area contributed by atoms with Crippen molar-refractivity contribution >= 4 is 49.7 Å². The van der Waals surface area contributed by atoms with E-state index in [9.17, 15) is 58.1 Å². The largest absolute Gasteiger partial charge is 0.462 e. The molecule has 278 valence electrons. The van der Waals surface area contributed by atoms with Crippen LogP contribution in [-0.2, 0) is 66.8 Å². The highest BCUT2D eigenvalue weighted by Crippen LogP contribution is 2.40. The standard InChI is InChI=1S/C32H27F4NO13S2/c33-31(34,32(35,36)52(45,46)47)15-16-48-28(39)13-14-30(41)50-20-22-7-4-8-23(17-22)25-18-24(51(42,43)44)9-10-26(25)37-27(38)11-12-29(40)49-19-21-5-2-1-3-6-21/h1-14,17-18H,15-16,19-20H2,(H,37,38)(H,42,43,44)(H,45,46,47)/b12-11-,14-13-. The lowest BCUT2D eigenvalue weighted by Gasteiger charge is -2.23. The lowest BCUT2D eigenvalue weighted by Crippen LogP contribution is -2.47. The normalized spacial score (nSPS) is 12.4. The fourth-order valence-electron chi connectivity index (χ4n) is 3.96. The van der Waals surface area contributed by atoms with Gasteiger partial charge in [0.2, 0.25) is 5.91 Å². The maximum absolute atomic E-state index is 13.5. The zero-order valence-corrected chi connectivity index (χ0v) is 27.9. The fraction of sp³-hybridized carbons (Fsp3) is 0.188. The molecule has 0 saturated heterocycles. The van der Waals surface area contributed by atoms with Crippen LogP contribution in [0.3, 0.4) is 0 Å². The minimum absolute atomic E-state index is 0.0368. The summed E-state index contributed by atoms with van der Waals surface area (Å²) in [4.78, 5) is 47.9. The summed E-state index contributed by atoms with van der Waals surface area (Å²) in [6.45, 7) is -1.92. The number of benzene rings is 3. The van der Waals surface area contributed by atoms with Crippen molar-refractivity contribution in [3.8, 4) is 11.1 Å². The first kappa shape index (κ1) is 41.0. The number of nitrogens with one attached hydrogen (secondary N) is 1. The molecule has 0 aromatic heterocycles. The Labute approximate surface area is 293 Å². The molecule has 20 heteroatoms. The van der Waals surface area contributed by atoms with Gasteiger partial charge in [0.25, 0.3) is 10.1 Å². The molecule has 0 fully saturated rings. The van der Waals surface area contributed by atoms with Crippen molar-refractivity contribution in [2.24, 2.45) is 0 Å². The fourth-order valence-corrected chi connectivity index (χ4v) is 4.94. The Bertz CT molecular complexity index is 2090. The van der Waals surface area contributed by atoms with E-state index < -0.39 is 79.8 Å². The maximum Gasteiger partial charge on any atom is 0.431 e. The van der Waals surface area contributed by atoms with E-state index in [1.165, 1.54) is 30.3 Å². The summed E-state index contributed by atoms with van der Waals surface area (Å²) in [7, 11) is -11.2. The zero-order chi connectivity index (χ0) is 38.7. The minimum Gasteiger partial charge on any atom is -0.462 e. The number of alkyl halides is 4. The van der Waals surface area contributed by atoms with E-state index in [2.05, 4.69) is 10.1 Å². The van der Waals surface area contributed by atoms with E-state index in [0.717, 1.165) is 24.3 Å². The molecule has 3 aromatic rings. The molecule has 0 aliphatic heterocycles. The Morgan fingerprint density at radius 2 is 1.25 bits per heavy atom. The van der Waals surface area contributed by atoms with Gasteiger partial charge < -0.3 is 19.5 Å². The van der Waals surface area contributed by atoms with Crippen LogP contribution in [0.1, 0.15) is 17.5 Å². The molecule has 1 amide bonds. The molecule has 0 unspecified atom stereocenters. The van der Waals surface area contributed by atoms with Crippen LogP contribution >= 0.6 is 0 Å². The van der Waals surface area contributed by atoms with E-state index in [0.29, 0.717) is 17.7 Å². The third-order valence-corrected chi connectivity index (χ3v) is 8.32. The molecule has 3 aromatic carbocycles. The van der Waals surface area contributed by atoms with Crippen molar-refractivity contribution < 1.29 is 76.9 Å². The summed E-state index contributed by atoms with van der Waals surface area (Å²) in [5, 5.41) is -3.37. The summed E-state index contributed by atoms with van der Waals surface area (Å²) in [6.07, 6.45) is 0.682. The number of hydrogen-bond donors (Lipinski definition) is 3. The summed E-state index contributed by atoms with van der Waals surface area (Å²) < 4.78 is 130. The lowest BCUT2D eigenvalue weighted by molar-refractivity contribution is -0.173. The summed E-state index contributed by atoms with van der Waals surface area (Å²) in [6, 6.07) is 17.8. The van der Waals surface area contributed by atoms with E-state index in [4.69, 9.17) is 14.0 Å². The average molecular weight is 774 g/mol. The van der Waals surface area contributed by atoms with Crippen molar-refractivity contribution in [1.82, 2.24) is 0 Å². The second-order valence-electron chi connectivity index (χ2n) is 10.4. The Balaban J connectivity index is 1.65. The Hall–Kier alpha value is -5.44. The van der Waals surface area contributed by atoms with Gasteiger partial charge in [0.1, 0.15) is 13.2 Å². The molecule has 14 nitrogen and oxygen atoms in total. The van der Waals surface area contributed by atoms with Gasteiger partial charge in [0, 0.05) is 35.6 Å². The van der Waals surface area contributed by atoms with Crippen molar-refractivity contribution in [2.45, 2.75) is 35.7 Å². The van der Waals surface area contributed by atoms with Gasteiger partial charge in [-0.15, -0.1) is 0 Å². The highest BCUT2D eigenvalue weighted by atomic mass is 32.2. The number of rotatable bonds is 16. The van der Waals surface area contributed by atoms with Gasteiger partial charge in [-0.1, -0.05) is 48.5 Å². The van der Waals surface area contributed by atoms with Gasteiger partial charge in [-0.3, -0.25) is 13.9 Å². The van der Waals surface area contributed by atoms with Gasteiger partial charge in [-0.2, -0.15) is 34.4 Å². The van der Waals surface area contributed by atoms with Crippen molar-refractivity contribution in [1.29, 1.82) is 0 Å². The quantitative estimate of drug-likeness (QED) is 0.0602. The molecule has 0 bridgehead atoms. The van der Waals surface area contributed by atoms with Crippen LogP contribution in [0.25, 0.3) is 11.1 Å². The highest BCUT2D eigenvalue weighted by Gasteiger charge is 2.65. The van der Waals surface area contributed by atoms with Gasteiger partial charge in [-0.25, -0.2) is 14.4 Å². The number of ether oxygens (including phenoxy) is 3. The maximum atomic E-state index is 13.5. The summed E-state index contributed by atoms with van der Waals surface area (Å²) in [5.74, 6) is -9.55. The first-order chi connectivity index (χ1) is 24.2. The minimum atomic E-state index is -6.48. The highest BCUT2D eigenvalue weighted by molar-refractivity contribution is 7.87. The van der Waals surface area contributed by atoms with E-state index in [-0.39, 0.29) is 29.0 Å². The molecule has 52 heavy (non-hydrogen) atoms. The van der Waals surface area contributed by atoms with E-state index >= 15 is 0 Å². The summed E-state index contributed by atoms with van der Waals surface area (Å²) >= 11 is 0. The third-order valence-electron chi connectivity index (χ3n) is 6.53. The van der Waals surface area contributed by atoms with Crippen LogP contribution < -0.4 is 5.32 Å². The first-order valence-corrected chi connectivity index (χ1v) is 17.2. The topological polar surface area (TPSA) is 217 Å². The molecule has 0 aliphatic carbocycles. The van der Waals surface area contributed by atoms with Gasteiger partial charge >= 0.3 is 39.2 Å². The van der Waals surface area contributed by atoms with E-state index in [1.807, 2.05) is 0 Å². The molecule has 0 aliphatic rings. The molecule has 0 atom stereocenters. The van der Waals surface area contributed by atoms with Crippen LogP contribution in [0.15, 0.2) is 102 Å². The molecule has 0 radical (unpaired) electrons. The molecule has 0 spiro atoms. The number of carbonyl (C=O) groups excluding carboxylic acids is 4. The number of carbonyl (C=O) groups is 4. The van der Waals surface area contributed by atoms with Crippen LogP contribution in [0.5, 0.6) is 0 Å².